The topological polar surface area (TPSA) is 58.2 Å². The van der Waals surface area contributed by atoms with E-state index >= 15 is 0 Å². The second-order valence-corrected chi connectivity index (χ2v) is 7.77. The van der Waals surface area contributed by atoms with Crippen LogP contribution < -0.4 is 4.90 Å². The Morgan fingerprint density at radius 3 is 3.08 bits per heavy atom. The Hall–Kier alpha value is -1.93. The SMILES string of the molecule is CN1C(=O)[C@]2(C[C@@H]2OCc2ccc3c(I)n[nH]c3c2)c2ccccc21. The summed E-state index contributed by atoms with van der Waals surface area (Å²) in [6.07, 6.45) is 0.709. The van der Waals surface area contributed by atoms with Crippen molar-refractivity contribution < 1.29 is 9.53 Å². The molecule has 1 aromatic heterocycles. The minimum atomic E-state index is -0.473. The molecule has 5 rings (SSSR count). The van der Waals surface area contributed by atoms with Gasteiger partial charge in [0.1, 0.15) is 9.12 Å². The summed E-state index contributed by atoms with van der Waals surface area (Å²) in [7, 11) is 1.85. The van der Waals surface area contributed by atoms with E-state index in [-0.39, 0.29) is 12.0 Å². The molecule has 2 aliphatic rings. The first-order valence-corrected chi connectivity index (χ1v) is 9.31. The van der Waals surface area contributed by atoms with Gasteiger partial charge in [0.15, 0.2) is 0 Å². The van der Waals surface area contributed by atoms with Crippen LogP contribution in [0.3, 0.4) is 0 Å². The number of benzene rings is 2. The van der Waals surface area contributed by atoms with Gasteiger partial charge in [-0.15, -0.1) is 0 Å². The van der Waals surface area contributed by atoms with Crippen LogP contribution >= 0.6 is 22.6 Å². The van der Waals surface area contributed by atoms with Crippen molar-refractivity contribution >= 4 is 45.1 Å². The van der Waals surface area contributed by atoms with Gasteiger partial charge in [-0.3, -0.25) is 9.89 Å². The second-order valence-electron chi connectivity index (χ2n) is 6.75. The summed E-state index contributed by atoms with van der Waals surface area (Å²) >= 11 is 2.22. The number of halogens is 1. The molecule has 1 aliphatic heterocycles. The number of hydrogen-bond acceptors (Lipinski definition) is 3. The molecule has 25 heavy (non-hydrogen) atoms. The van der Waals surface area contributed by atoms with Gasteiger partial charge in [0.05, 0.1) is 18.2 Å². The number of ether oxygens (including phenoxy) is 1. The summed E-state index contributed by atoms with van der Waals surface area (Å²) < 4.78 is 7.09. The van der Waals surface area contributed by atoms with Gasteiger partial charge in [0.25, 0.3) is 0 Å². The van der Waals surface area contributed by atoms with Crippen LogP contribution in [-0.4, -0.2) is 29.3 Å². The van der Waals surface area contributed by atoms with E-state index in [4.69, 9.17) is 4.74 Å². The molecule has 2 atom stereocenters. The molecule has 1 saturated carbocycles. The number of carbonyl (C=O) groups excluding carboxylic acids is 1. The zero-order valence-electron chi connectivity index (χ0n) is 13.6. The number of H-pyrrole nitrogens is 1. The van der Waals surface area contributed by atoms with E-state index in [2.05, 4.69) is 57.1 Å². The standard InChI is InChI=1S/C19H16IN3O2/c1-23-15-5-3-2-4-13(15)19(18(23)24)9-16(19)25-10-11-6-7-12-14(8-11)21-22-17(12)20/h2-8,16H,9-10H2,1H3,(H,21,22)/t16-,19+/m0/s1. The number of amides is 1. The number of hydrogen-bond donors (Lipinski definition) is 1. The number of anilines is 1. The molecule has 1 amide bonds. The summed E-state index contributed by atoms with van der Waals surface area (Å²) in [4.78, 5) is 14.5. The summed E-state index contributed by atoms with van der Waals surface area (Å²) in [6, 6.07) is 14.2. The van der Waals surface area contributed by atoms with Gasteiger partial charge in [-0.2, -0.15) is 5.10 Å². The van der Waals surface area contributed by atoms with Crippen LogP contribution in [0.4, 0.5) is 5.69 Å². The number of fused-ring (bicyclic) bond motifs is 3. The number of nitrogens with zero attached hydrogens (tertiary/aromatic N) is 2. The van der Waals surface area contributed by atoms with E-state index in [1.165, 1.54) is 0 Å². The fourth-order valence-corrected chi connectivity index (χ4v) is 4.52. The van der Waals surface area contributed by atoms with E-state index in [9.17, 15) is 4.79 Å². The van der Waals surface area contributed by atoms with Gasteiger partial charge in [0, 0.05) is 18.1 Å². The van der Waals surface area contributed by atoms with Crippen molar-refractivity contribution in [3.8, 4) is 0 Å². The third-order valence-corrected chi connectivity index (χ3v) is 6.18. The highest BCUT2D eigenvalue weighted by molar-refractivity contribution is 14.1. The average molecular weight is 445 g/mol. The fourth-order valence-electron chi connectivity index (χ4n) is 3.93. The summed E-state index contributed by atoms with van der Waals surface area (Å²) in [5.41, 5.74) is 3.73. The molecule has 5 nitrogen and oxygen atoms in total. The molecular formula is C19H16IN3O2. The van der Waals surface area contributed by atoms with Gasteiger partial charge in [0.2, 0.25) is 5.91 Å². The first-order valence-electron chi connectivity index (χ1n) is 8.23. The Kier molecular flexibility index (Phi) is 3.24. The van der Waals surface area contributed by atoms with Gasteiger partial charge < -0.3 is 9.64 Å². The zero-order valence-corrected chi connectivity index (χ0v) is 15.8. The van der Waals surface area contributed by atoms with E-state index in [1.54, 1.807) is 4.90 Å². The van der Waals surface area contributed by atoms with Crippen molar-refractivity contribution in [1.82, 2.24) is 10.2 Å². The molecule has 1 aliphatic carbocycles. The number of nitrogens with one attached hydrogen (secondary N) is 1. The Balaban J connectivity index is 1.37. The third kappa shape index (κ3) is 2.10. The lowest BCUT2D eigenvalue weighted by Gasteiger charge is -2.11. The lowest BCUT2D eigenvalue weighted by molar-refractivity contribution is -0.121. The van der Waals surface area contributed by atoms with Gasteiger partial charge in [-0.05, 0) is 58.3 Å². The van der Waals surface area contributed by atoms with E-state index in [1.807, 2.05) is 25.2 Å². The second kappa shape index (κ2) is 5.28. The van der Waals surface area contributed by atoms with Crippen molar-refractivity contribution in [3.63, 3.8) is 0 Å². The largest absolute Gasteiger partial charge is 0.372 e. The number of carbonyl (C=O) groups is 1. The Morgan fingerprint density at radius 1 is 1.36 bits per heavy atom. The molecule has 3 aromatic rings. The molecule has 6 heteroatoms. The molecule has 0 bridgehead atoms. The minimum absolute atomic E-state index is 0.0521. The maximum absolute atomic E-state index is 12.8. The van der Waals surface area contributed by atoms with Crippen LogP contribution in [0.25, 0.3) is 10.9 Å². The number of rotatable bonds is 3. The molecule has 2 aromatic carbocycles. The first-order chi connectivity index (χ1) is 12.1. The summed E-state index contributed by atoms with van der Waals surface area (Å²) in [5.74, 6) is 0.150. The van der Waals surface area contributed by atoms with Crippen LogP contribution in [0.2, 0.25) is 0 Å². The van der Waals surface area contributed by atoms with Crippen molar-refractivity contribution in [1.29, 1.82) is 0 Å². The van der Waals surface area contributed by atoms with Gasteiger partial charge >= 0.3 is 0 Å². The lowest BCUT2D eigenvalue weighted by atomic mass is 9.97. The van der Waals surface area contributed by atoms with Gasteiger partial charge in [-0.25, -0.2) is 0 Å². The zero-order chi connectivity index (χ0) is 17.2. The molecular weight excluding hydrogens is 429 g/mol. The van der Waals surface area contributed by atoms with Crippen LogP contribution in [0.5, 0.6) is 0 Å². The Bertz CT molecular complexity index is 1010. The monoisotopic (exact) mass is 445 g/mol. The highest BCUT2D eigenvalue weighted by Crippen LogP contribution is 2.58. The smallest absolute Gasteiger partial charge is 0.240 e. The lowest BCUT2D eigenvalue weighted by Crippen LogP contribution is -2.31. The predicted octanol–water partition coefficient (Wildman–Crippen LogP) is 3.37. The van der Waals surface area contributed by atoms with E-state index in [0.717, 1.165) is 37.8 Å². The van der Waals surface area contributed by atoms with Crippen LogP contribution in [0.1, 0.15) is 17.5 Å². The molecule has 1 spiro atoms. The van der Waals surface area contributed by atoms with E-state index in [0.29, 0.717) is 6.61 Å². The molecule has 0 saturated heterocycles. The van der Waals surface area contributed by atoms with Crippen molar-refractivity contribution in [2.45, 2.75) is 24.5 Å². The number of likely N-dealkylation sites (N-methyl/N-ethyl adjacent to an activating group) is 1. The highest BCUT2D eigenvalue weighted by atomic mass is 127. The van der Waals surface area contributed by atoms with Crippen LogP contribution in [0.15, 0.2) is 42.5 Å². The molecule has 1 fully saturated rings. The van der Waals surface area contributed by atoms with Crippen molar-refractivity contribution in [3.05, 3.63) is 57.3 Å². The maximum atomic E-state index is 12.8. The molecule has 126 valence electrons. The van der Waals surface area contributed by atoms with Crippen molar-refractivity contribution in [2.24, 2.45) is 0 Å². The number of aromatic amines is 1. The quantitative estimate of drug-likeness (QED) is 0.630. The summed E-state index contributed by atoms with van der Waals surface area (Å²) in [5, 5.41) is 8.37. The van der Waals surface area contributed by atoms with Crippen LogP contribution in [0, 0.1) is 3.70 Å². The molecule has 1 N–H and O–H groups in total. The normalized spacial score (nSPS) is 24.3. The summed E-state index contributed by atoms with van der Waals surface area (Å²) in [6.45, 7) is 0.497. The predicted molar refractivity (Wildman–Crippen MR) is 104 cm³/mol. The maximum Gasteiger partial charge on any atom is 0.240 e. The Morgan fingerprint density at radius 2 is 2.20 bits per heavy atom. The fraction of sp³-hybridized carbons (Fsp3) is 0.263. The molecule has 0 unspecified atom stereocenters. The number of para-hydroxylation sites is 1. The Labute approximate surface area is 158 Å². The van der Waals surface area contributed by atoms with E-state index < -0.39 is 5.41 Å². The third-order valence-electron chi connectivity index (χ3n) is 5.36. The first kappa shape index (κ1) is 15.3. The minimum Gasteiger partial charge on any atom is -0.372 e. The molecule has 2 heterocycles. The highest BCUT2D eigenvalue weighted by Gasteiger charge is 2.67. The average Bonchev–Trinajstić information content (AvgIpc) is 3.21. The molecule has 0 radical (unpaired) electrons. The van der Waals surface area contributed by atoms with Gasteiger partial charge in [-0.1, -0.05) is 24.3 Å². The number of aromatic nitrogens is 2. The van der Waals surface area contributed by atoms with Crippen molar-refractivity contribution in [2.75, 3.05) is 11.9 Å². The van der Waals surface area contributed by atoms with Crippen LogP contribution in [-0.2, 0) is 21.6 Å².